The number of carbonyl (C=O) groups excluding carboxylic acids is 2. The number of rotatable bonds is 7. The van der Waals surface area contributed by atoms with E-state index in [2.05, 4.69) is 0 Å². The van der Waals surface area contributed by atoms with Gasteiger partial charge in [0.15, 0.2) is 0 Å². The fourth-order valence-electron chi connectivity index (χ4n) is 1.39. The lowest BCUT2D eigenvalue weighted by molar-refractivity contribution is -0.123. The summed E-state index contributed by atoms with van der Waals surface area (Å²) in [4.78, 5) is 22.4. The first kappa shape index (κ1) is 12.3. The molecule has 0 saturated carbocycles. The van der Waals surface area contributed by atoms with Crippen molar-refractivity contribution in [1.82, 2.24) is 0 Å². The van der Waals surface area contributed by atoms with Gasteiger partial charge >= 0.3 is 0 Å². The van der Waals surface area contributed by atoms with Crippen molar-refractivity contribution in [3.8, 4) is 0 Å². The highest BCUT2D eigenvalue weighted by atomic mass is 16.1. The zero-order chi connectivity index (χ0) is 10.3. The van der Waals surface area contributed by atoms with Crippen LogP contribution in [0.2, 0.25) is 0 Å². The summed E-state index contributed by atoms with van der Waals surface area (Å²) in [5.41, 5.74) is 0. The Balaban J connectivity index is 3.85. The van der Waals surface area contributed by atoms with E-state index >= 15 is 0 Å². The average molecular weight is 184 g/mol. The largest absolute Gasteiger partial charge is 0.300 e. The molecule has 0 aromatic rings. The monoisotopic (exact) mass is 184 g/mol. The van der Waals surface area contributed by atoms with E-state index in [0.29, 0.717) is 25.0 Å². The molecule has 0 spiro atoms. The molecule has 1 atom stereocenters. The maximum atomic E-state index is 11.3. The van der Waals surface area contributed by atoms with Crippen LogP contribution >= 0.6 is 0 Å². The van der Waals surface area contributed by atoms with Crippen LogP contribution in [0.3, 0.4) is 0 Å². The van der Waals surface area contributed by atoms with Crippen LogP contribution in [0.1, 0.15) is 52.9 Å². The third kappa shape index (κ3) is 4.81. The molecular formula is C11H20O2. The Kier molecular flexibility index (Phi) is 6.47. The van der Waals surface area contributed by atoms with Gasteiger partial charge in [0.1, 0.15) is 11.6 Å². The first-order valence-electron chi connectivity index (χ1n) is 5.20. The van der Waals surface area contributed by atoms with Crippen LogP contribution in [0.5, 0.6) is 0 Å². The van der Waals surface area contributed by atoms with Gasteiger partial charge in [-0.1, -0.05) is 20.8 Å². The maximum Gasteiger partial charge on any atom is 0.135 e. The molecule has 0 N–H and O–H groups in total. The number of ketones is 2. The smallest absolute Gasteiger partial charge is 0.135 e. The molecule has 2 heteroatoms. The van der Waals surface area contributed by atoms with Crippen molar-refractivity contribution >= 4 is 11.6 Å². The van der Waals surface area contributed by atoms with Crippen molar-refractivity contribution in [3.63, 3.8) is 0 Å². The second-order valence-corrected chi connectivity index (χ2v) is 3.36. The molecule has 0 bridgehead atoms. The van der Waals surface area contributed by atoms with Gasteiger partial charge in [-0.2, -0.15) is 0 Å². The minimum atomic E-state index is 0.112. The van der Waals surface area contributed by atoms with E-state index in [4.69, 9.17) is 0 Å². The molecule has 0 radical (unpaired) electrons. The molecule has 0 aliphatic carbocycles. The Bertz CT molecular complexity index is 173. The van der Waals surface area contributed by atoms with Crippen molar-refractivity contribution in [2.45, 2.75) is 52.9 Å². The van der Waals surface area contributed by atoms with Crippen molar-refractivity contribution in [2.24, 2.45) is 5.92 Å². The first-order chi connectivity index (χ1) is 6.15. The van der Waals surface area contributed by atoms with E-state index in [1.165, 1.54) is 0 Å². The Hall–Kier alpha value is -0.660. The Morgan fingerprint density at radius 1 is 1.08 bits per heavy atom. The molecule has 0 amide bonds. The van der Waals surface area contributed by atoms with E-state index in [1.54, 1.807) is 0 Å². The third-order valence-corrected chi connectivity index (χ3v) is 2.46. The summed E-state index contributed by atoms with van der Waals surface area (Å²) in [5, 5.41) is 0. The summed E-state index contributed by atoms with van der Waals surface area (Å²) in [5.74, 6) is 0.675. The van der Waals surface area contributed by atoms with Crippen LogP contribution in [0.25, 0.3) is 0 Å². The quantitative estimate of drug-likeness (QED) is 0.609. The molecule has 0 aromatic heterocycles. The van der Waals surface area contributed by atoms with Crippen LogP contribution in [0, 0.1) is 5.92 Å². The predicted molar refractivity (Wildman–Crippen MR) is 53.6 cm³/mol. The van der Waals surface area contributed by atoms with Crippen LogP contribution < -0.4 is 0 Å². The molecule has 2 nitrogen and oxygen atoms in total. The highest BCUT2D eigenvalue weighted by Gasteiger charge is 2.14. The van der Waals surface area contributed by atoms with E-state index in [9.17, 15) is 9.59 Å². The van der Waals surface area contributed by atoms with Gasteiger partial charge in [-0.05, 0) is 12.8 Å². The van der Waals surface area contributed by atoms with E-state index in [1.807, 2.05) is 20.8 Å². The first-order valence-corrected chi connectivity index (χ1v) is 5.20. The molecule has 0 heterocycles. The molecular weight excluding hydrogens is 164 g/mol. The predicted octanol–water partition coefficient (Wildman–Crippen LogP) is 2.75. The Morgan fingerprint density at radius 3 is 2.08 bits per heavy atom. The van der Waals surface area contributed by atoms with Crippen molar-refractivity contribution in [1.29, 1.82) is 0 Å². The standard InChI is InChI=1S/C11H20O2/c1-4-9(11(13)6-3)7-8-10(12)5-2/h9H,4-8H2,1-3H3. The number of Topliss-reactive ketones (excluding diaryl/α,β-unsaturated/α-hetero) is 2. The zero-order valence-electron chi connectivity index (χ0n) is 8.93. The lowest BCUT2D eigenvalue weighted by Crippen LogP contribution is -2.13. The highest BCUT2D eigenvalue weighted by Crippen LogP contribution is 2.14. The van der Waals surface area contributed by atoms with Gasteiger partial charge < -0.3 is 0 Å². The fourth-order valence-corrected chi connectivity index (χ4v) is 1.39. The minimum Gasteiger partial charge on any atom is -0.300 e. The van der Waals surface area contributed by atoms with E-state index < -0.39 is 0 Å². The molecule has 13 heavy (non-hydrogen) atoms. The second kappa shape index (κ2) is 6.81. The number of hydrogen-bond donors (Lipinski definition) is 0. The fraction of sp³-hybridized carbons (Fsp3) is 0.818. The molecule has 76 valence electrons. The van der Waals surface area contributed by atoms with Gasteiger partial charge in [0, 0.05) is 25.2 Å². The molecule has 0 saturated heterocycles. The minimum absolute atomic E-state index is 0.112. The van der Waals surface area contributed by atoms with Gasteiger partial charge in [-0.25, -0.2) is 0 Å². The summed E-state index contributed by atoms with van der Waals surface area (Å²) in [6.07, 6.45) is 3.37. The lowest BCUT2D eigenvalue weighted by Gasteiger charge is -2.11. The van der Waals surface area contributed by atoms with Crippen LogP contribution in [-0.4, -0.2) is 11.6 Å². The SMILES string of the molecule is CCC(=O)CCC(CC)C(=O)CC. The van der Waals surface area contributed by atoms with Crippen molar-refractivity contribution < 1.29 is 9.59 Å². The van der Waals surface area contributed by atoms with Gasteiger partial charge in [0.2, 0.25) is 0 Å². The van der Waals surface area contributed by atoms with Gasteiger partial charge in [0.25, 0.3) is 0 Å². The Morgan fingerprint density at radius 2 is 1.69 bits per heavy atom. The van der Waals surface area contributed by atoms with Gasteiger partial charge in [-0.15, -0.1) is 0 Å². The number of carbonyl (C=O) groups is 2. The third-order valence-electron chi connectivity index (χ3n) is 2.46. The summed E-state index contributed by atoms with van der Waals surface area (Å²) >= 11 is 0. The molecule has 0 aliphatic heterocycles. The van der Waals surface area contributed by atoms with Crippen LogP contribution in [-0.2, 0) is 9.59 Å². The molecule has 0 aromatic carbocycles. The second-order valence-electron chi connectivity index (χ2n) is 3.36. The highest BCUT2D eigenvalue weighted by molar-refractivity contribution is 5.82. The summed E-state index contributed by atoms with van der Waals surface area (Å²) < 4.78 is 0. The van der Waals surface area contributed by atoms with Crippen LogP contribution in [0.4, 0.5) is 0 Å². The van der Waals surface area contributed by atoms with Crippen molar-refractivity contribution in [2.75, 3.05) is 0 Å². The molecule has 0 aliphatic rings. The van der Waals surface area contributed by atoms with Crippen molar-refractivity contribution in [3.05, 3.63) is 0 Å². The van der Waals surface area contributed by atoms with Gasteiger partial charge in [-0.3, -0.25) is 9.59 Å². The van der Waals surface area contributed by atoms with Crippen LogP contribution in [0.15, 0.2) is 0 Å². The zero-order valence-corrected chi connectivity index (χ0v) is 8.93. The molecule has 0 fully saturated rings. The summed E-state index contributed by atoms with van der Waals surface area (Å²) in [7, 11) is 0. The average Bonchev–Trinajstić information content (AvgIpc) is 2.17. The lowest BCUT2D eigenvalue weighted by atomic mass is 9.93. The summed E-state index contributed by atoms with van der Waals surface area (Å²) in [6, 6.07) is 0. The van der Waals surface area contributed by atoms with Gasteiger partial charge in [0.05, 0.1) is 0 Å². The summed E-state index contributed by atoms with van der Waals surface area (Å²) in [6.45, 7) is 5.76. The topological polar surface area (TPSA) is 34.1 Å². The molecule has 0 rings (SSSR count). The van der Waals surface area contributed by atoms with E-state index in [-0.39, 0.29) is 11.7 Å². The molecule has 1 unspecified atom stereocenters. The Labute approximate surface area is 80.7 Å². The maximum absolute atomic E-state index is 11.3. The number of hydrogen-bond acceptors (Lipinski definition) is 2. The van der Waals surface area contributed by atoms with E-state index in [0.717, 1.165) is 12.8 Å². The normalized spacial score (nSPS) is 12.5.